The number of rotatable bonds is 8. The second-order valence-electron chi connectivity index (χ2n) is 8.68. The monoisotopic (exact) mass is 471 g/mol. The highest BCUT2D eigenvalue weighted by Crippen LogP contribution is 2.27. The smallest absolute Gasteiger partial charge is 0.414 e. The molecule has 1 amide bonds. The van der Waals surface area contributed by atoms with E-state index in [1.165, 1.54) is 4.90 Å². The van der Waals surface area contributed by atoms with Gasteiger partial charge in [0.05, 0.1) is 16.6 Å². The van der Waals surface area contributed by atoms with Crippen molar-refractivity contribution in [3.05, 3.63) is 83.7 Å². The van der Waals surface area contributed by atoms with Crippen molar-refractivity contribution in [1.82, 2.24) is 14.5 Å². The van der Waals surface area contributed by atoms with Crippen LogP contribution in [0, 0.1) is 0 Å². The van der Waals surface area contributed by atoms with E-state index >= 15 is 0 Å². The maximum atomic E-state index is 12.0. The normalized spacial score (nSPS) is 10.9. The second-order valence-corrected chi connectivity index (χ2v) is 8.68. The number of carboxylic acids is 1. The summed E-state index contributed by atoms with van der Waals surface area (Å²) in [5.41, 5.74) is 4.65. The molecule has 1 heterocycles. The molecule has 7 nitrogen and oxygen atoms in total. The van der Waals surface area contributed by atoms with E-state index in [1.807, 2.05) is 48.5 Å². The van der Waals surface area contributed by atoms with E-state index in [0.29, 0.717) is 17.9 Å². The molecule has 0 aliphatic carbocycles. The number of benzene rings is 3. The first-order valence-corrected chi connectivity index (χ1v) is 11.7. The molecule has 4 aromatic rings. The number of hydrogen-bond donors (Lipinski definition) is 1. The Morgan fingerprint density at radius 2 is 1.77 bits per heavy atom. The molecular weight excluding hydrogens is 442 g/mol. The summed E-state index contributed by atoms with van der Waals surface area (Å²) in [4.78, 5) is 29.9. The van der Waals surface area contributed by atoms with Gasteiger partial charge in [-0.1, -0.05) is 55.8 Å². The number of unbranched alkanes of at least 4 members (excludes halogenated alkanes) is 1. The zero-order valence-corrected chi connectivity index (χ0v) is 20.2. The minimum absolute atomic E-state index is 0.280. The Labute approximate surface area is 204 Å². The van der Waals surface area contributed by atoms with Crippen LogP contribution in [0.25, 0.3) is 22.2 Å². The zero-order valence-electron chi connectivity index (χ0n) is 20.2. The molecule has 35 heavy (non-hydrogen) atoms. The minimum Gasteiger partial charge on any atom is -0.478 e. The molecule has 0 saturated heterocycles. The summed E-state index contributed by atoms with van der Waals surface area (Å²) >= 11 is 0. The molecule has 7 heteroatoms. The molecule has 0 aliphatic heterocycles. The highest BCUT2D eigenvalue weighted by molar-refractivity contribution is 5.96. The lowest BCUT2D eigenvalue weighted by atomic mass is 9.99. The minimum atomic E-state index is -0.944. The fraction of sp³-hybridized carbons (Fsp3) is 0.250. The molecular formula is C28H29N3O4. The summed E-state index contributed by atoms with van der Waals surface area (Å²) in [5.74, 6) is 0.513. The van der Waals surface area contributed by atoms with E-state index in [2.05, 4.69) is 11.5 Å². The SMILES string of the molecule is CCCCc1nc2ccc(OC(=O)N(C)C)cc2n1Cc1ccc(-c2ccccc2C(=O)O)cc1. The van der Waals surface area contributed by atoms with Gasteiger partial charge in [0, 0.05) is 33.1 Å². The van der Waals surface area contributed by atoms with E-state index in [1.54, 1.807) is 32.3 Å². The standard InChI is InChI=1S/C28H29N3O4/c1-4-5-10-26-29-24-16-15-21(35-28(34)30(2)3)17-25(24)31(26)18-19-11-13-20(14-12-19)22-8-6-7-9-23(22)27(32)33/h6-9,11-17H,4-5,10,18H2,1-3H3,(H,32,33). The van der Waals surface area contributed by atoms with E-state index in [-0.39, 0.29) is 5.56 Å². The molecule has 0 atom stereocenters. The summed E-state index contributed by atoms with van der Waals surface area (Å²) in [6.07, 6.45) is 2.50. The van der Waals surface area contributed by atoms with Crippen molar-refractivity contribution in [2.24, 2.45) is 0 Å². The number of carboxylic acid groups (broad SMARTS) is 1. The average molecular weight is 472 g/mol. The number of aromatic nitrogens is 2. The zero-order chi connectivity index (χ0) is 24.9. The summed E-state index contributed by atoms with van der Waals surface area (Å²) in [6.45, 7) is 2.75. The van der Waals surface area contributed by atoms with E-state index in [4.69, 9.17) is 9.72 Å². The Bertz CT molecular complexity index is 1360. The largest absolute Gasteiger partial charge is 0.478 e. The van der Waals surface area contributed by atoms with Gasteiger partial charge in [-0.25, -0.2) is 14.6 Å². The van der Waals surface area contributed by atoms with Gasteiger partial charge in [-0.15, -0.1) is 0 Å². The summed E-state index contributed by atoms with van der Waals surface area (Å²) < 4.78 is 7.64. The number of amides is 1. The molecule has 0 saturated carbocycles. The lowest BCUT2D eigenvalue weighted by molar-refractivity contribution is 0.0697. The van der Waals surface area contributed by atoms with Gasteiger partial charge in [0.25, 0.3) is 0 Å². The molecule has 180 valence electrons. The Balaban J connectivity index is 1.67. The van der Waals surface area contributed by atoms with Gasteiger partial charge < -0.3 is 19.3 Å². The Morgan fingerprint density at radius 3 is 2.46 bits per heavy atom. The predicted octanol–water partition coefficient (Wildman–Crippen LogP) is 5.85. The van der Waals surface area contributed by atoms with Crippen molar-refractivity contribution < 1.29 is 19.4 Å². The number of ether oxygens (including phenoxy) is 1. The molecule has 0 aliphatic rings. The maximum Gasteiger partial charge on any atom is 0.414 e. The van der Waals surface area contributed by atoms with Gasteiger partial charge in [0.15, 0.2) is 0 Å². The third kappa shape index (κ3) is 5.35. The third-order valence-electron chi connectivity index (χ3n) is 5.89. The molecule has 3 aromatic carbocycles. The molecule has 4 rings (SSSR count). The van der Waals surface area contributed by atoms with Crippen LogP contribution in [0.5, 0.6) is 5.75 Å². The second kappa shape index (κ2) is 10.4. The maximum absolute atomic E-state index is 12.0. The number of aryl methyl sites for hydroxylation is 1. The quantitative estimate of drug-likeness (QED) is 0.348. The van der Waals surface area contributed by atoms with Crippen LogP contribution >= 0.6 is 0 Å². The Hall–Kier alpha value is -4.13. The lowest BCUT2D eigenvalue weighted by Crippen LogP contribution is -2.25. The molecule has 0 unspecified atom stereocenters. The highest BCUT2D eigenvalue weighted by atomic mass is 16.6. The Morgan fingerprint density at radius 1 is 1.03 bits per heavy atom. The van der Waals surface area contributed by atoms with Gasteiger partial charge in [0.1, 0.15) is 11.6 Å². The number of carbonyl (C=O) groups is 2. The number of nitrogens with zero attached hydrogens (tertiary/aromatic N) is 3. The van der Waals surface area contributed by atoms with Crippen LogP contribution in [0.2, 0.25) is 0 Å². The van der Waals surface area contributed by atoms with Crippen molar-refractivity contribution in [1.29, 1.82) is 0 Å². The summed E-state index contributed by atoms with van der Waals surface area (Å²) in [5, 5.41) is 9.52. The van der Waals surface area contributed by atoms with Gasteiger partial charge >= 0.3 is 12.1 Å². The number of aromatic carboxylic acids is 1. The highest BCUT2D eigenvalue weighted by Gasteiger charge is 2.15. The van der Waals surface area contributed by atoms with Crippen molar-refractivity contribution in [3.63, 3.8) is 0 Å². The number of hydrogen-bond acceptors (Lipinski definition) is 4. The van der Waals surface area contributed by atoms with Gasteiger partial charge in [-0.05, 0) is 41.3 Å². The first-order chi connectivity index (χ1) is 16.9. The van der Waals surface area contributed by atoms with Crippen LogP contribution in [0.4, 0.5) is 4.79 Å². The summed E-state index contributed by atoms with van der Waals surface area (Å²) in [6, 6.07) is 20.4. The lowest BCUT2D eigenvalue weighted by Gasteiger charge is -2.13. The van der Waals surface area contributed by atoms with Crippen molar-refractivity contribution in [2.75, 3.05) is 14.1 Å². The van der Waals surface area contributed by atoms with Crippen LogP contribution in [-0.2, 0) is 13.0 Å². The van der Waals surface area contributed by atoms with Crippen LogP contribution in [0.1, 0.15) is 41.5 Å². The molecule has 0 spiro atoms. The van der Waals surface area contributed by atoms with Crippen LogP contribution in [0.15, 0.2) is 66.7 Å². The van der Waals surface area contributed by atoms with Gasteiger partial charge in [-0.2, -0.15) is 0 Å². The van der Waals surface area contributed by atoms with Crippen molar-refractivity contribution in [3.8, 4) is 16.9 Å². The van der Waals surface area contributed by atoms with Crippen molar-refractivity contribution in [2.45, 2.75) is 32.7 Å². The first kappa shape index (κ1) is 24.0. The Kier molecular flexibility index (Phi) is 7.15. The fourth-order valence-corrected chi connectivity index (χ4v) is 4.00. The van der Waals surface area contributed by atoms with Crippen LogP contribution in [0.3, 0.4) is 0 Å². The third-order valence-corrected chi connectivity index (χ3v) is 5.89. The fourth-order valence-electron chi connectivity index (χ4n) is 4.00. The summed E-state index contributed by atoms with van der Waals surface area (Å²) in [7, 11) is 3.29. The number of imidazole rings is 1. The van der Waals surface area contributed by atoms with E-state index in [9.17, 15) is 14.7 Å². The first-order valence-electron chi connectivity index (χ1n) is 11.7. The molecule has 0 fully saturated rings. The average Bonchev–Trinajstić information content (AvgIpc) is 3.19. The van der Waals surface area contributed by atoms with Crippen LogP contribution in [-0.4, -0.2) is 45.7 Å². The van der Waals surface area contributed by atoms with Crippen LogP contribution < -0.4 is 4.74 Å². The molecule has 1 aromatic heterocycles. The number of fused-ring (bicyclic) bond motifs is 1. The molecule has 0 radical (unpaired) electrons. The number of carbonyl (C=O) groups excluding carboxylic acids is 1. The van der Waals surface area contributed by atoms with E-state index < -0.39 is 12.1 Å². The molecule has 0 bridgehead atoms. The van der Waals surface area contributed by atoms with E-state index in [0.717, 1.165) is 47.2 Å². The van der Waals surface area contributed by atoms with Crippen molar-refractivity contribution >= 4 is 23.1 Å². The topological polar surface area (TPSA) is 84.7 Å². The predicted molar refractivity (Wildman–Crippen MR) is 136 cm³/mol. The van der Waals surface area contributed by atoms with Gasteiger partial charge in [-0.3, -0.25) is 0 Å². The van der Waals surface area contributed by atoms with Gasteiger partial charge in [0.2, 0.25) is 0 Å². The molecule has 1 N–H and O–H groups in total.